The Morgan fingerprint density at radius 1 is 1.33 bits per heavy atom. The van der Waals surface area contributed by atoms with Crippen LogP contribution in [0, 0.1) is 6.92 Å². The summed E-state index contributed by atoms with van der Waals surface area (Å²) in [6.45, 7) is 6.60. The fourth-order valence-electron chi connectivity index (χ4n) is 2.70. The minimum Gasteiger partial charge on any atom is -0.491 e. The van der Waals surface area contributed by atoms with Crippen LogP contribution >= 0.6 is 0 Å². The zero-order valence-electron chi connectivity index (χ0n) is 13.2. The predicted molar refractivity (Wildman–Crippen MR) is 84.6 cm³/mol. The van der Waals surface area contributed by atoms with Gasteiger partial charge in [-0.2, -0.15) is 0 Å². The number of benzene rings is 1. The van der Waals surface area contributed by atoms with E-state index in [1.807, 2.05) is 32.9 Å². The van der Waals surface area contributed by atoms with Crippen molar-refractivity contribution < 1.29 is 9.53 Å². The van der Waals surface area contributed by atoms with Crippen LogP contribution in [0.5, 0.6) is 5.75 Å². The lowest BCUT2D eigenvalue weighted by atomic mass is 10.1. The van der Waals surface area contributed by atoms with E-state index in [4.69, 9.17) is 4.74 Å². The van der Waals surface area contributed by atoms with Gasteiger partial charge in [-0.3, -0.25) is 0 Å². The van der Waals surface area contributed by atoms with Gasteiger partial charge < -0.3 is 15.4 Å². The largest absolute Gasteiger partial charge is 0.491 e. The van der Waals surface area contributed by atoms with Crippen molar-refractivity contribution in [2.45, 2.75) is 65.1 Å². The van der Waals surface area contributed by atoms with E-state index in [0.717, 1.165) is 29.7 Å². The smallest absolute Gasteiger partial charge is 0.315 e. The SMILES string of the molecule is Cc1cc(CNC(=O)NC2CCCC2)ccc1OC(C)C. The van der Waals surface area contributed by atoms with Crippen LogP contribution in [0.25, 0.3) is 0 Å². The van der Waals surface area contributed by atoms with Crippen molar-refractivity contribution in [1.82, 2.24) is 10.6 Å². The van der Waals surface area contributed by atoms with Gasteiger partial charge in [0.05, 0.1) is 6.10 Å². The van der Waals surface area contributed by atoms with Crippen LogP contribution in [0.2, 0.25) is 0 Å². The highest BCUT2D eigenvalue weighted by Crippen LogP contribution is 2.20. The van der Waals surface area contributed by atoms with Gasteiger partial charge >= 0.3 is 6.03 Å². The topological polar surface area (TPSA) is 50.4 Å². The molecule has 0 bridgehead atoms. The zero-order chi connectivity index (χ0) is 15.2. The van der Waals surface area contributed by atoms with E-state index >= 15 is 0 Å². The van der Waals surface area contributed by atoms with Crippen molar-refractivity contribution in [2.24, 2.45) is 0 Å². The van der Waals surface area contributed by atoms with Crippen molar-refractivity contribution in [3.8, 4) is 5.75 Å². The van der Waals surface area contributed by atoms with Crippen molar-refractivity contribution in [2.75, 3.05) is 0 Å². The third-order valence-corrected chi connectivity index (χ3v) is 3.75. The molecule has 1 aliphatic rings. The van der Waals surface area contributed by atoms with Crippen LogP contribution < -0.4 is 15.4 Å². The molecule has 2 amide bonds. The number of nitrogens with one attached hydrogen (secondary N) is 2. The van der Waals surface area contributed by atoms with E-state index in [2.05, 4.69) is 16.7 Å². The van der Waals surface area contributed by atoms with Crippen molar-refractivity contribution in [3.05, 3.63) is 29.3 Å². The summed E-state index contributed by atoms with van der Waals surface area (Å²) >= 11 is 0. The number of urea groups is 1. The molecular weight excluding hydrogens is 264 g/mol. The zero-order valence-corrected chi connectivity index (χ0v) is 13.2. The molecule has 2 rings (SSSR count). The molecule has 0 spiro atoms. The third kappa shape index (κ3) is 4.96. The molecule has 0 radical (unpaired) electrons. The number of amides is 2. The first-order valence-electron chi connectivity index (χ1n) is 7.85. The molecule has 1 aliphatic carbocycles. The summed E-state index contributed by atoms with van der Waals surface area (Å²) < 4.78 is 5.71. The molecule has 1 aromatic carbocycles. The van der Waals surface area contributed by atoms with E-state index in [-0.39, 0.29) is 12.1 Å². The minimum atomic E-state index is -0.0675. The lowest BCUT2D eigenvalue weighted by molar-refractivity contribution is 0.236. The molecule has 1 saturated carbocycles. The molecule has 0 saturated heterocycles. The third-order valence-electron chi connectivity index (χ3n) is 3.75. The molecule has 0 aromatic heterocycles. The number of carbonyl (C=O) groups excluding carboxylic acids is 1. The molecule has 2 N–H and O–H groups in total. The molecule has 0 aliphatic heterocycles. The average molecular weight is 290 g/mol. The molecule has 4 nitrogen and oxygen atoms in total. The number of rotatable bonds is 5. The van der Waals surface area contributed by atoms with E-state index in [9.17, 15) is 4.79 Å². The minimum absolute atomic E-state index is 0.0675. The number of carbonyl (C=O) groups is 1. The van der Waals surface area contributed by atoms with E-state index in [1.165, 1.54) is 12.8 Å². The van der Waals surface area contributed by atoms with Gasteiger partial charge in [0.25, 0.3) is 0 Å². The second kappa shape index (κ2) is 7.34. The van der Waals surface area contributed by atoms with Crippen LogP contribution in [0.4, 0.5) is 4.79 Å². The van der Waals surface area contributed by atoms with Crippen LogP contribution in [0.1, 0.15) is 50.7 Å². The van der Waals surface area contributed by atoms with Crippen LogP contribution in [-0.2, 0) is 6.54 Å². The maximum Gasteiger partial charge on any atom is 0.315 e. The molecule has 1 fully saturated rings. The van der Waals surface area contributed by atoms with Crippen molar-refractivity contribution >= 4 is 6.03 Å². The average Bonchev–Trinajstić information content (AvgIpc) is 2.91. The Morgan fingerprint density at radius 2 is 2.05 bits per heavy atom. The first kappa shape index (κ1) is 15.7. The molecule has 21 heavy (non-hydrogen) atoms. The lowest BCUT2D eigenvalue weighted by Crippen LogP contribution is -2.40. The van der Waals surface area contributed by atoms with Gasteiger partial charge in [-0.05, 0) is 50.8 Å². The van der Waals surface area contributed by atoms with Gasteiger partial charge in [-0.1, -0.05) is 25.0 Å². The van der Waals surface area contributed by atoms with Gasteiger partial charge in [-0.25, -0.2) is 4.79 Å². The Kier molecular flexibility index (Phi) is 5.48. The summed E-state index contributed by atoms with van der Waals surface area (Å²) in [5.74, 6) is 0.907. The molecule has 1 aromatic rings. The molecular formula is C17H26N2O2. The number of hydrogen-bond donors (Lipinski definition) is 2. The summed E-state index contributed by atoms with van der Waals surface area (Å²) in [6.07, 6.45) is 4.83. The lowest BCUT2D eigenvalue weighted by Gasteiger charge is -2.15. The second-order valence-electron chi connectivity index (χ2n) is 6.07. The summed E-state index contributed by atoms with van der Waals surface area (Å²) in [4.78, 5) is 11.8. The summed E-state index contributed by atoms with van der Waals surface area (Å²) in [6, 6.07) is 6.32. The van der Waals surface area contributed by atoms with Gasteiger partial charge in [0.15, 0.2) is 0 Å². The summed E-state index contributed by atoms with van der Waals surface area (Å²) in [5, 5.41) is 5.95. The maximum atomic E-state index is 11.8. The Hall–Kier alpha value is -1.71. The fraction of sp³-hybridized carbons (Fsp3) is 0.588. The van der Waals surface area contributed by atoms with Crippen LogP contribution in [0.15, 0.2) is 18.2 Å². The molecule has 116 valence electrons. The molecule has 0 unspecified atom stereocenters. The highest BCUT2D eigenvalue weighted by molar-refractivity contribution is 5.74. The quantitative estimate of drug-likeness (QED) is 0.871. The van der Waals surface area contributed by atoms with Gasteiger partial charge in [0.2, 0.25) is 0 Å². The number of hydrogen-bond acceptors (Lipinski definition) is 2. The first-order valence-corrected chi connectivity index (χ1v) is 7.85. The van der Waals surface area contributed by atoms with E-state index < -0.39 is 0 Å². The number of aryl methyl sites for hydroxylation is 1. The highest BCUT2D eigenvalue weighted by Gasteiger charge is 2.16. The Morgan fingerprint density at radius 3 is 2.67 bits per heavy atom. The first-order chi connectivity index (χ1) is 10.0. The van der Waals surface area contributed by atoms with Gasteiger partial charge in [-0.15, -0.1) is 0 Å². The highest BCUT2D eigenvalue weighted by atomic mass is 16.5. The van der Waals surface area contributed by atoms with E-state index in [1.54, 1.807) is 0 Å². The van der Waals surface area contributed by atoms with Crippen LogP contribution in [-0.4, -0.2) is 18.2 Å². The standard InChI is InChI=1S/C17H26N2O2/c1-12(2)21-16-9-8-14(10-13(16)3)11-18-17(20)19-15-6-4-5-7-15/h8-10,12,15H,4-7,11H2,1-3H3,(H2,18,19,20). The molecule has 4 heteroatoms. The molecule has 0 atom stereocenters. The van der Waals surface area contributed by atoms with Crippen molar-refractivity contribution in [1.29, 1.82) is 0 Å². The Labute approximate surface area is 127 Å². The normalized spacial score (nSPS) is 15.2. The second-order valence-corrected chi connectivity index (χ2v) is 6.07. The van der Waals surface area contributed by atoms with Crippen molar-refractivity contribution in [3.63, 3.8) is 0 Å². The van der Waals surface area contributed by atoms with Crippen LogP contribution in [0.3, 0.4) is 0 Å². The van der Waals surface area contributed by atoms with E-state index in [0.29, 0.717) is 12.6 Å². The summed E-state index contributed by atoms with van der Waals surface area (Å²) in [5.41, 5.74) is 2.18. The Balaban J connectivity index is 1.82. The predicted octanol–water partition coefficient (Wildman–Crippen LogP) is 3.52. The Bertz CT molecular complexity index is 480. The monoisotopic (exact) mass is 290 g/mol. The molecule has 0 heterocycles. The maximum absolute atomic E-state index is 11.8. The number of ether oxygens (including phenoxy) is 1. The van der Waals surface area contributed by atoms with Gasteiger partial charge in [0.1, 0.15) is 5.75 Å². The van der Waals surface area contributed by atoms with Gasteiger partial charge in [0, 0.05) is 12.6 Å². The summed E-state index contributed by atoms with van der Waals surface area (Å²) in [7, 11) is 0. The fourth-order valence-corrected chi connectivity index (χ4v) is 2.70.